The first kappa shape index (κ1) is 24.0. The van der Waals surface area contributed by atoms with Crippen molar-refractivity contribution in [2.45, 2.75) is 44.0 Å². The molecule has 1 N–H and O–H groups in total. The van der Waals surface area contributed by atoms with Crippen molar-refractivity contribution < 1.29 is 27.7 Å². The van der Waals surface area contributed by atoms with Crippen LogP contribution >= 0.6 is 12.0 Å². The number of carbonyl (C=O) groups excluding carboxylic acids is 3. The van der Waals surface area contributed by atoms with E-state index < -0.39 is 43.6 Å². The second kappa shape index (κ2) is 10.1. The molecular formula is C20H28N2O6SSi. The molecule has 1 aromatic rings. The molecule has 0 saturated carbocycles. The topological polar surface area (TPSA) is 94.2 Å². The average molecular weight is 453 g/mol. The van der Waals surface area contributed by atoms with Crippen molar-refractivity contribution in [3.8, 4) is 5.75 Å². The van der Waals surface area contributed by atoms with Gasteiger partial charge in [0.2, 0.25) is 14.2 Å². The average Bonchev–Trinajstić information content (AvgIpc) is 2.69. The van der Waals surface area contributed by atoms with Crippen molar-refractivity contribution >= 4 is 38.1 Å². The number of nitrogens with one attached hydrogen (secondary N) is 1. The Kier molecular flexibility index (Phi) is 8.10. The van der Waals surface area contributed by atoms with Gasteiger partial charge in [0.05, 0.1) is 7.11 Å². The van der Waals surface area contributed by atoms with Gasteiger partial charge in [0.25, 0.3) is 5.91 Å². The van der Waals surface area contributed by atoms with Gasteiger partial charge >= 0.3 is 5.97 Å². The summed E-state index contributed by atoms with van der Waals surface area (Å²) in [5.41, 5.74) is 0.464. The predicted octanol–water partition coefficient (Wildman–Crippen LogP) is 2.34. The van der Waals surface area contributed by atoms with Crippen LogP contribution in [0, 0.1) is 0 Å². The van der Waals surface area contributed by atoms with Gasteiger partial charge in [0.1, 0.15) is 17.2 Å². The number of benzene rings is 1. The maximum absolute atomic E-state index is 12.8. The van der Waals surface area contributed by atoms with Crippen LogP contribution in [-0.4, -0.2) is 62.2 Å². The standard InChI is InChI=1S/C20H28N2O6SSi/c1-13(2)17(20(25)26-3)22-18(24)16(19(22)29-28-30(4,5)6)21-15(23)12-27-14-10-8-7-9-11-14/h7-11,16-17,19H,1,12H2,2-6H3,(H,21,23). The normalized spacial score (nSPS) is 19.5. The lowest BCUT2D eigenvalue weighted by Crippen LogP contribution is -2.73. The fraction of sp³-hybridized carbons (Fsp3) is 0.450. The molecule has 8 nitrogen and oxygen atoms in total. The maximum Gasteiger partial charge on any atom is 0.332 e. The smallest absolute Gasteiger partial charge is 0.332 e. The summed E-state index contributed by atoms with van der Waals surface area (Å²) in [6.07, 6.45) is 0. The highest BCUT2D eigenvalue weighted by atomic mass is 32.2. The lowest BCUT2D eigenvalue weighted by atomic mass is 9.99. The number of hydrogen-bond donors (Lipinski definition) is 1. The van der Waals surface area contributed by atoms with E-state index in [1.807, 2.05) is 25.7 Å². The number of methoxy groups -OCH3 is 1. The van der Waals surface area contributed by atoms with E-state index in [-0.39, 0.29) is 6.61 Å². The number of amides is 2. The molecule has 10 heteroatoms. The Balaban J connectivity index is 2.10. The lowest BCUT2D eigenvalue weighted by molar-refractivity contribution is -0.161. The van der Waals surface area contributed by atoms with E-state index in [9.17, 15) is 14.4 Å². The maximum atomic E-state index is 12.8. The Labute approximate surface area is 182 Å². The Morgan fingerprint density at radius 1 is 1.27 bits per heavy atom. The molecule has 0 radical (unpaired) electrons. The summed E-state index contributed by atoms with van der Waals surface area (Å²) < 4.78 is 16.2. The minimum absolute atomic E-state index is 0.235. The molecule has 30 heavy (non-hydrogen) atoms. The van der Waals surface area contributed by atoms with Gasteiger partial charge in [-0.1, -0.05) is 24.8 Å². The van der Waals surface area contributed by atoms with Gasteiger partial charge in [-0.05, 0) is 44.3 Å². The first-order valence-electron chi connectivity index (χ1n) is 9.42. The second-order valence-corrected chi connectivity index (χ2v) is 13.4. The Bertz CT molecular complexity index is 798. The van der Waals surface area contributed by atoms with E-state index in [2.05, 4.69) is 11.9 Å². The van der Waals surface area contributed by atoms with Crippen molar-refractivity contribution in [1.82, 2.24) is 10.2 Å². The molecular weight excluding hydrogens is 424 g/mol. The molecule has 2 amide bonds. The summed E-state index contributed by atoms with van der Waals surface area (Å²) in [5.74, 6) is -0.889. The number of hydrogen-bond acceptors (Lipinski definition) is 7. The molecule has 0 aromatic heterocycles. The molecule has 0 spiro atoms. The molecule has 1 fully saturated rings. The highest BCUT2D eigenvalue weighted by molar-refractivity contribution is 7.96. The van der Waals surface area contributed by atoms with Gasteiger partial charge < -0.3 is 23.6 Å². The molecule has 1 aliphatic heterocycles. The van der Waals surface area contributed by atoms with Crippen molar-refractivity contribution in [1.29, 1.82) is 0 Å². The van der Waals surface area contributed by atoms with Crippen LogP contribution in [0.4, 0.5) is 0 Å². The van der Waals surface area contributed by atoms with E-state index >= 15 is 0 Å². The first-order valence-corrected chi connectivity index (χ1v) is 13.6. The third kappa shape index (κ3) is 6.10. The van der Waals surface area contributed by atoms with Gasteiger partial charge in [-0.15, -0.1) is 0 Å². The first-order chi connectivity index (χ1) is 14.0. The number of esters is 1. The molecule has 1 aromatic carbocycles. The van der Waals surface area contributed by atoms with Crippen LogP contribution in [-0.2, 0) is 23.0 Å². The van der Waals surface area contributed by atoms with Crippen LogP contribution in [0.15, 0.2) is 42.5 Å². The van der Waals surface area contributed by atoms with E-state index in [0.717, 1.165) is 12.0 Å². The van der Waals surface area contributed by atoms with Crippen LogP contribution < -0.4 is 10.1 Å². The molecule has 3 atom stereocenters. The predicted molar refractivity (Wildman–Crippen MR) is 117 cm³/mol. The third-order valence-corrected chi connectivity index (χ3v) is 7.16. The van der Waals surface area contributed by atoms with Crippen molar-refractivity contribution in [2.24, 2.45) is 0 Å². The number of para-hydroxylation sites is 1. The monoisotopic (exact) mass is 452 g/mol. The van der Waals surface area contributed by atoms with E-state index in [1.165, 1.54) is 12.0 Å². The molecule has 0 aliphatic carbocycles. The van der Waals surface area contributed by atoms with Crippen LogP contribution in [0.5, 0.6) is 5.75 Å². The highest BCUT2D eigenvalue weighted by Gasteiger charge is 2.54. The van der Waals surface area contributed by atoms with Crippen LogP contribution in [0.3, 0.4) is 0 Å². The highest BCUT2D eigenvalue weighted by Crippen LogP contribution is 2.36. The Morgan fingerprint density at radius 2 is 1.90 bits per heavy atom. The van der Waals surface area contributed by atoms with Crippen LogP contribution in [0.2, 0.25) is 19.6 Å². The Hall–Kier alpha value is -2.30. The van der Waals surface area contributed by atoms with Gasteiger partial charge in [-0.25, -0.2) is 4.79 Å². The fourth-order valence-corrected chi connectivity index (χ4v) is 4.90. The van der Waals surface area contributed by atoms with Crippen molar-refractivity contribution in [3.63, 3.8) is 0 Å². The van der Waals surface area contributed by atoms with Crippen LogP contribution in [0.25, 0.3) is 0 Å². The van der Waals surface area contributed by atoms with Crippen molar-refractivity contribution in [3.05, 3.63) is 42.5 Å². The summed E-state index contributed by atoms with van der Waals surface area (Å²) >= 11 is 1.08. The number of carbonyl (C=O) groups is 3. The molecule has 0 bridgehead atoms. The fourth-order valence-electron chi connectivity index (χ4n) is 2.73. The molecule has 1 saturated heterocycles. The van der Waals surface area contributed by atoms with Gasteiger partial charge in [0, 0.05) is 12.0 Å². The number of ether oxygens (including phenoxy) is 2. The summed E-state index contributed by atoms with van der Waals surface area (Å²) in [4.78, 5) is 38.8. The minimum atomic E-state index is -1.93. The largest absolute Gasteiger partial charge is 0.484 e. The van der Waals surface area contributed by atoms with Gasteiger partial charge in [0.15, 0.2) is 12.6 Å². The molecule has 164 valence electrons. The second-order valence-electron chi connectivity index (χ2n) is 7.85. The number of β-lactam (4-membered cyclic amide) rings is 1. The van der Waals surface area contributed by atoms with E-state index in [1.54, 1.807) is 31.2 Å². The zero-order chi connectivity index (χ0) is 22.5. The third-order valence-electron chi connectivity index (χ3n) is 4.08. The Morgan fingerprint density at radius 3 is 2.43 bits per heavy atom. The molecule has 2 rings (SSSR count). The zero-order valence-corrected chi connectivity index (χ0v) is 19.7. The molecule has 1 aliphatic rings. The number of nitrogens with zero attached hydrogens (tertiary/aromatic N) is 1. The van der Waals surface area contributed by atoms with Gasteiger partial charge in [-0.3, -0.25) is 9.59 Å². The number of likely N-dealkylation sites (tertiary alicyclic amines) is 1. The summed E-state index contributed by atoms with van der Waals surface area (Å²) in [7, 11) is -0.678. The lowest BCUT2D eigenvalue weighted by Gasteiger charge is -2.49. The van der Waals surface area contributed by atoms with E-state index in [4.69, 9.17) is 13.3 Å². The molecule has 3 unspecified atom stereocenters. The summed E-state index contributed by atoms with van der Waals surface area (Å²) in [6, 6.07) is 7.12. The van der Waals surface area contributed by atoms with Gasteiger partial charge in [-0.2, -0.15) is 0 Å². The summed E-state index contributed by atoms with van der Waals surface area (Å²) in [5, 5.41) is 2.09. The molecule has 1 heterocycles. The SMILES string of the molecule is C=C(C)C(C(=O)OC)N1C(=O)C(NC(=O)COc2ccccc2)C1SO[Si](C)(C)C. The van der Waals surface area contributed by atoms with Crippen molar-refractivity contribution in [2.75, 3.05) is 13.7 Å². The minimum Gasteiger partial charge on any atom is -0.484 e. The zero-order valence-electron chi connectivity index (χ0n) is 17.8. The number of rotatable bonds is 10. The van der Waals surface area contributed by atoms with Crippen LogP contribution in [0.1, 0.15) is 6.92 Å². The quantitative estimate of drug-likeness (QED) is 0.191. The van der Waals surface area contributed by atoms with E-state index in [0.29, 0.717) is 11.3 Å². The summed E-state index contributed by atoms with van der Waals surface area (Å²) in [6.45, 7) is 11.2.